The Kier molecular flexibility index (Phi) is 1.15. The van der Waals surface area contributed by atoms with Crippen molar-refractivity contribution in [2.45, 2.75) is 31.7 Å². The van der Waals surface area contributed by atoms with Gasteiger partial charge in [0.2, 0.25) is 0 Å². The molecule has 1 saturated carbocycles. The summed E-state index contributed by atoms with van der Waals surface area (Å²) in [7, 11) is 0. The molecule has 1 heteroatoms. The summed E-state index contributed by atoms with van der Waals surface area (Å²) >= 11 is 0. The van der Waals surface area contributed by atoms with E-state index in [0.717, 1.165) is 0 Å². The number of rotatable bonds is 0. The molecule has 0 aliphatic heterocycles. The minimum absolute atomic E-state index is 0.0659. The van der Waals surface area contributed by atoms with Gasteiger partial charge >= 0.3 is 0 Å². The molecule has 2 N–H and O–H groups in total. The van der Waals surface area contributed by atoms with E-state index in [9.17, 15) is 0 Å². The second-order valence-corrected chi connectivity index (χ2v) is 4.82. The third-order valence-electron chi connectivity index (χ3n) is 4.06. The van der Waals surface area contributed by atoms with Crippen molar-refractivity contribution in [1.82, 2.24) is 0 Å². The second kappa shape index (κ2) is 1.98. The second-order valence-electron chi connectivity index (χ2n) is 4.82. The third kappa shape index (κ3) is 0.761. The molecular weight excluding hydrogens is 158 g/mol. The molecule has 0 radical (unpaired) electrons. The zero-order valence-corrected chi connectivity index (χ0v) is 8.01. The van der Waals surface area contributed by atoms with Crippen LogP contribution < -0.4 is 5.73 Å². The normalized spacial score (nSPS) is 33.4. The zero-order chi connectivity index (χ0) is 9.10. The maximum Gasteiger partial charge on any atom is 0.0444 e. The molecule has 2 aliphatic rings. The highest BCUT2D eigenvalue weighted by molar-refractivity contribution is 5.44. The van der Waals surface area contributed by atoms with Gasteiger partial charge in [0.25, 0.3) is 0 Å². The van der Waals surface area contributed by atoms with E-state index in [1.54, 1.807) is 0 Å². The van der Waals surface area contributed by atoms with Gasteiger partial charge in [0.1, 0.15) is 0 Å². The molecule has 1 aromatic carbocycles. The average Bonchev–Trinajstić information content (AvgIpc) is 2.82. The van der Waals surface area contributed by atoms with Gasteiger partial charge in [0.05, 0.1) is 0 Å². The smallest absolute Gasteiger partial charge is 0.0444 e. The van der Waals surface area contributed by atoms with Crippen LogP contribution in [0.2, 0.25) is 0 Å². The Labute approximate surface area is 78.9 Å². The summed E-state index contributed by atoms with van der Waals surface area (Å²) in [5.74, 6) is 0. The molecule has 0 aromatic heterocycles. The Hall–Kier alpha value is -0.820. The molecule has 1 aromatic rings. The summed E-state index contributed by atoms with van der Waals surface area (Å²) in [6.07, 6.45) is 3.83. The van der Waals surface area contributed by atoms with Gasteiger partial charge in [-0.25, -0.2) is 0 Å². The average molecular weight is 173 g/mol. The largest absolute Gasteiger partial charge is 0.321 e. The van der Waals surface area contributed by atoms with Gasteiger partial charge in [0.15, 0.2) is 0 Å². The molecule has 2 aliphatic carbocycles. The quantitative estimate of drug-likeness (QED) is 0.639. The number of hydrogen-bond acceptors (Lipinski definition) is 1. The molecule has 13 heavy (non-hydrogen) atoms. The van der Waals surface area contributed by atoms with Crippen LogP contribution in [0.25, 0.3) is 0 Å². The van der Waals surface area contributed by atoms with Crippen LogP contribution in [0.1, 0.15) is 30.9 Å². The van der Waals surface area contributed by atoms with Crippen molar-refractivity contribution in [2.24, 2.45) is 11.1 Å². The van der Waals surface area contributed by atoms with E-state index in [-0.39, 0.29) is 5.54 Å². The first-order valence-electron chi connectivity index (χ1n) is 5.03. The van der Waals surface area contributed by atoms with Gasteiger partial charge < -0.3 is 5.73 Å². The van der Waals surface area contributed by atoms with Crippen LogP contribution in [0.15, 0.2) is 24.3 Å². The monoisotopic (exact) mass is 173 g/mol. The van der Waals surface area contributed by atoms with Crippen molar-refractivity contribution in [3.05, 3.63) is 35.4 Å². The molecule has 68 valence electrons. The van der Waals surface area contributed by atoms with Crippen LogP contribution in [-0.4, -0.2) is 0 Å². The van der Waals surface area contributed by atoms with Crippen LogP contribution in [0.5, 0.6) is 0 Å². The lowest BCUT2D eigenvalue weighted by Gasteiger charge is -2.27. The third-order valence-corrected chi connectivity index (χ3v) is 4.06. The standard InChI is InChI=1S/C12H15N/c1-11(13)10-5-3-2-4-9(10)8-12(11)6-7-12/h2-5H,6-8,13H2,1H3. The maximum absolute atomic E-state index is 6.43. The van der Waals surface area contributed by atoms with E-state index in [0.29, 0.717) is 5.41 Å². The predicted molar refractivity (Wildman–Crippen MR) is 53.4 cm³/mol. The summed E-state index contributed by atoms with van der Waals surface area (Å²) in [5.41, 5.74) is 9.65. The summed E-state index contributed by atoms with van der Waals surface area (Å²) in [6, 6.07) is 8.65. The lowest BCUT2D eigenvalue weighted by Crippen LogP contribution is -2.39. The van der Waals surface area contributed by atoms with Crippen molar-refractivity contribution in [1.29, 1.82) is 0 Å². The molecule has 1 spiro atoms. The first-order valence-corrected chi connectivity index (χ1v) is 5.03. The Bertz CT molecular complexity index is 361. The summed E-state index contributed by atoms with van der Waals surface area (Å²) in [4.78, 5) is 0. The molecule has 1 atom stereocenters. The Morgan fingerprint density at radius 1 is 1.23 bits per heavy atom. The Balaban J connectivity index is 2.20. The molecule has 1 nitrogen and oxygen atoms in total. The Morgan fingerprint density at radius 3 is 2.54 bits per heavy atom. The lowest BCUT2D eigenvalue weighted by molar-refractivity contribution is 0.306. The van der Waals surface area contributed by atoms with E-state index in [1.165, 1.54) is 30.4 Å². The summed E-state index contributed by atoms with van der Waals surface area (Å²) in [5, 5.41) is 0. The van der Waals surface area contributed by atoms with Crippen molar-refractivity contribution in [3.63, 3.8) is 0 Å². The van der Waals surface area contributed by atoms with Gasteiger partial charge in [-0.3, -0.25) is 0 Å². The van der Waals surface area contributed by atoms with E-state index < -0.39 is 0 Å². The number of nitrogens with two attached hydrogens (primary N) is 1. The SMILES string of the molecule is CC1(N)c2ccccc2CC12CC2. The molecule has 0 bridgehead atoms. The van der Waals surface area contributed by atoms with Crippen LogP contribution >= 0.6 is 0 Å². The van der Waals surface area contributed by atoms with Crippen molar-refractivity contribution in [3.8, 4) is 0 Å². The minimum Gasteiger partial charge on any atom is -0.321 e. The summed E-state index contributed by atoms with van der Waals surface area (Å²) in [6.45, 7) is 2.20. The molecular formula is C12H15N. The van der Waals surface area contributed by atoms with Crippen molar-refractivity contribution < 1.29 is 0 Å². The highest BCUT2D eigenvalue weighted by atomic mass is 14.8. The zero-order valence-electron chi connectivity index (χ0n) is 8.01. The van der Waals surface area contributed by atoms with Crippen molar-refractivity contribution >= 4 is 0 Å². The highest BCUT2D eigenvalue weighted by Gasteiger charge is 2.59. The van der Waals surface area contributed by atoms with Gasteiger partial charge in [-0.1, -0.05) is 24.3 Å². The number of hydrogen-bond donors (Lipinski definition) is 1. The molecule has 3 rings (SSSR count). The number of benzene rings is 1. The van der Waals surface area contributed by atoms with Gasteiger partial charge in [0, 0.05) is 5.54 Å². The van der Waals surface area contributed by atoms with Crippen LogP contribution in [-0.2, 0) is 12.0 Å². The van der Waals surface area contributed by atoms with Gasteiger partial charge in [-0.05, 0) is 42.7 Å². The molecule has 0 saturated heterocycles. The lowest BCUT2D eigenvalue weighted by atomic mass is 9.84. The molecule has 0 amide bonds. The fourth-order valence-corrected chi connectivity index (χ4v) is 2.86. The van der Waals surface area contributed by atoms with E-state index in [1.807, 2.05) is 0 Å². The molecule has 1 unspecified atom stereocenters. The summed E-state index contributed by atoms with van der Waals surface area (Å²) < 4.78 is 0. The maximum atomic E-state index is 6.43. The fourth-order valence-electron chi connectivity index (χ4n) is 2.86. The van der Waals surface area contributed by atoms with E-state index >= 15 is 0 Å². The first-order chi connectivity index (χ1) is 6.16. The Morgan fingerprint density at radius 2 is 1.92 bits per heavy atom. The first kappa shape index (κ1) is 7.57. The molecule has 0 heterocycles. The van der Waals surface area contributed by atoms with E-state index in [2.05, 4.69) is 31.2 Å². The predicted octanol–water partition coefficient (Wildman–Crippen LogP) is 2.20. The minimum atomic E-state index is -0.0659. The fraction of sp³-hybridized carbons (Fsp3) is 0.500. The molecule has 1 fully saturated rings. The van der Waals surface area contributed by atoms with Crippen LogP contribution in [0, 0.1) is 5.41 Å². The van der Waals surface area contributed by atoms with E-state index in [4.69, 9.17) is 5.73 Å². The van der Waals surface area contributed by atoms with Gasteiger partial charge in [-0.2, -0.15) is 0 Å². The highest BCUT2D eigenvalue weighted by Crippen LogP contribution is 2.63. The number of fused-ring (bicyclic) bond motifs is 1. The van der Waals surface area contributed by atoms with Crippen molar-refractivity contribution in [2.75, 3.05) is 0 Å². The topological polar surface area (TPSA) is 26.0 Å². The van der Waals surface area contributed by atoms with Crippen LogP contribution in [0.3, 0.4) is 0 Å². The van der Waals surface area contributed by atoms with Crippen LogP contribution in [0.4, 0.5) is 0 Å². The van der Waals surface area contributed by atoms with Gasteiger partial charge in [-0.15, -0.1) is 0 Å².